The van der Waals surface area contributed by atoms with E-state index in [4.69, 9.17) is 9.63 Å². The third kappa shape index (κ3) is 5.19. The molecule has 0 radical (unpaired) electrons. The first-order valence-electron chi connectivity index (χ1n) is 7.87. The molecule has 24 heavy (non-hydrogen) atoms. The first kappa shape index (κ1) is 17.7. The Morgan fingerprint density at radius 1 is 1.21 bits per heavy atom. The number of aryl methyl sites for hydroxylation is 1. The van der Waals surface area contributed by atoms with Crippen molar-refractivity contribution in [3.63, 3.8) is 0 Å². The molecule has 2 rings (SSSR count). The smallest absolute Gasteiger partial charge is 0.305 e. The lowest BCUT2D eigenvalue weighted by molar-refractivity contribution is -0.136. The monoisotopic (exact) mass is 331 g/mol. The second-order valence-electron chi connectivity index (χ2n) is 5.78. The van der Waals surface area contributed by atoms with Crippen molar-refractivity contribution in [2.24, 2.45) is 0 Å². The quantitative estimate of drug-likeness (QED) is 0.769. The van der Waals surface area contributed by atoms with Crippen molar-refractivity contribution >= 4 is 11.9 Å². The molecule has 1 aromatic carbocycles. The summed E-state index contributed by atoms with van der Waals surface area (Å²) in [6.07, 6.45) is 0.395. The third-order valence-corrected chi connectivity index (χ3v) is 3.53. The number of carbonyl (C=O) groups excluding carboxylic acids is 1. The average molecular weight is 331 g/mol. The van der Waals surface area contributed by atoms with Crippen LogP contribution in [-0.2, 0) is 16.0 Å². The third-order valence-electron chi connectivity index (χ3n) is 3.53. The molecule has 0 saturated carbocycles. The molecule has 2 aromatic rings. The molecule has 0 bridgehead atoms. The van der Waals surface area contributed by atoms with Gasteiger partial charge in [0.05, 0.1) is 6.42 Å². The fraction of sp³-hybridized carbons (Fsp3) is 0.412. The predicted octanol–water partition coefficient (Wildman–Crippen LogP) is 2.38. The second kappa shape index (κ2) is 8.24. The van der Waals surface area contributed by atoms with Crippen LogP contribution in [-0.4, -0.2) is 33.7 Å². The molecule has 0 fully saturated rings. The zero-order chi connectivity index (χ0) is 17.5. The summed E-state index contributed by atoms with van der Waals surface area (Å²) in [5, 5.41) is 15.0. The zero-order valence-corrected chi connectivity index (χ0v) is 13.8. The van der Waals surface area contributed by atoms with Gasteiger partial charge in [-0.05, 0) is 11.5 Å². The van der Waals surface area contributed by atoms with E-state index in [0.717, 1.165) is 5.56 Å². The van der Waals surface area contributed by atoms with Gasteiger partial charge in [-0.25, -0.2) is 0 Å². The van der Waals surface area contributed by atoms with Gasteiger partial charge in [-0.2, -0.15) is 4.98 Å². The number of amides is 1. The summed E-state index contributed by atoms with van der Waals surface area (Å²) in [6, 6.07) is 7.96. The highest BCUT2D eigenvalue weighted by atomic mass is 16.5. The molecular weight excluding hydrogens is 310 g/mol. The standard InChI is InChI=1S/C17H21N3O4/c1-11(2)12-3-5-13(6-4-12)17-19-15(24-20-17)8-7-14(21)18-10-9-16(22)23/h3-6,11H,7-10H2,1-2H3,(H,18,21)(H,22,23). The first-order valence-corrected chi connectivity index (χ1v) is 7.87. The van der Waals surface area contributed by atoms with Gasteiger partial charge in [-0.15, -0.1) is 0 Å². The Hall–Kier alpha value is -2.70. The van der Waals surface area contributed by atoms with Crippen LogP contribution in [0.3, 0.4) is 0 Å². The normalized spacial score (nSPS) is 10.8. The van der Waals surface area contributed by atoms with Gasteiger partial charge in [0.15, 0.2) is 0 Å². The number of nitrogens with one attached hydrogen (secondary N) is 1. The minimum atomic E-state index is -0.944. The fourth-order valence-electron chi connectivity index (χ4n) is 2.11. The highest BCUT2D eigenvalue weighted by Crippen LogP contribution is 2.20. The van der Waals surface area contributed by atoms with Crippen LogP contribution in [0.4, 0.5) is 0 Å². The van der Waals surface area contributed by atoms with E-state index < -0.39 is 5.97 Å². The van der Waals surface area contributed by atoms with Crippen molar-refractivity contribution in [1.82, 2.24) is 15.5 Å². The molecule has 0 aliphatic heterocycles. The summed E-state index contributed by atoms with van der Waals surface area (Å²) >= 11 is 0. The van der Waals surface area contributed by atoms with Crippen LogP contribution < -0.4 is 5.32 Å². The number of aliphatic carboxylic acids is 1. The molecule has 7 nitrogen and oxygen atoms in total. The fourth-order valence-corrected chi connectivity index (χ4v) is 2.11. The average Bonchev–Trinajstić information content (AvgIpc) is 3.01. The number of benzene rings is 1. The number of carboxylic acids is 1. The lowest BCUT2D eigenvalue weighted by Crippen LogP contribution is -2.26. The Balaban J connectivity index is 1.86. The van der Waals surface area contributed by atoms with Gasteiger partial charge in [-0.3, -0.25) is 9.59 Å². The summed E-state index contributed by atoms with van der Waals surface area (Å²) in [5.74, 6) is 0.148. The Morgan fingerprint density at radius 3 is 2.54 bits per heavy atom. The summed E-state index contributed by atoms with van der Waals surface area (Å²) < 4.78 is 5.15. The number of hydrogen-bond donors (Lipinski definition) is 2. The Morgan fingerprint density at radius 2 is 1.92 bits per heavy atom. The van der Waals surface area contributed by atoms with Crippen LogP contribution in [0, 0.1) is 0 Å². The molecule has 128 valence electrons. The molecule has 0 aliphatic rings. The van der Waals surface area contributed by atoms with Crippen LogP contribution >= 0.6 is 0 Å². The van der Waals surface area contributed by atoms with Crippen molar-refractivity contribution in [2.75, 3.05) is 6.54 Å². The van der Waals surface area contributed by atoms with E-state index in [1.165, 1.54) is 5.56 Å². The van der Waals surface area contributed by atoms with Gasteiger partial charge in [0.1, 0.15) is 0 Å². The summed E-state index contributed by atoms with van der Waals surface area (Å²) in [4.78, 5) is 26.2. The van der Waals surface area contributed by atoms with Gasteiger partial charge >= 0.3 is 5.97 Å². The van der Waals surface area contributed by atoms with Gasteiger partial charge in [0, 0.05) is 24.9 Å². The number of carbonyl (C=O) groups is 2. The van der Waals surface area contributed by atoms with E-state index in [9.17, 15) is 9.59 Å². The highest BCUT2D eigenvalue weighted by molar-refractivity contribution is 5.76. The molecule has 1 aromatic heterocycles. The molecule has 0 unspecified atom stereocenters. The number of rotatable bonds is 8. The zero-order valence-electron chi connectivity index (χ0n) is 13.8. The predicted molar refractivity (Wildman–Crippen MR) is 87.4 cm³/mol. The molecule has 1 heterocycles. The van der Waals surface area contributed by atoms with Crippen molar-refractivity contribution in [3.8, 4) is 11.4 Å². The van der Waals surface area contributed by atoms with E-state index in [-0.39, 0.29) is 25.3 Å². The van der Waals surface area contributed by atoms with Crippen molar-refractivity contribution in [2.45, 2.75) is 39.0 Å². The summed E-state index contributed by atoms with van der Waals surface area (Å²) in [6.45, 7) is 4.37. The molecule has 0 atom stereocenters. The summed E-state index contributed by atoms with van der Waals surface area (Å²) in [5.41, 5.74) is 2.10. The minimum Gasteiger partial charge on any atom is -0.481 e. The van der Waals surface area contributed by atoms with Crippen LogP contribution in [0.2, 0.25) is 0 Å². The number of hydrogen-bond acceptors (Lipinski definition) is 5. The van der Waals surface area contributed by atoms with Gasteiger partial charge < -0.3 is 14.9 Å². The number of carboxylic acid groups (broad SMARTS) is 1. The van der Waals surface area contributed by atoms with Gasteiger partial charge in [-0.1, -0.05) is 43.3 Å². The van der Waals surface area contributed by atoms with Crippen LogP contribution in [0.1, 0.15) is 44.1 Å². The van der Waals surface area contributed by atoms with Crippen LogP contribution in [0.15, 0.2) is 28.8 Å². The minimum absolute atomic E-state index is 0.0944. The van der Waals surface area contributed by atoms with E-state index in [0.29, 0.717) is 24.1 Å². The maximum Gasteiger partial charge on any atom is 0.305 e. The molecule has 1 amide bonds. The Bertz CT molecular complexity index is 692. The number of aromatic nitrogens is 2. The Labute approximate surface area is 140 Å². The lowest BCUT2D eigenvalue weighted by Gasteiger charge is -2.04. The molecule has 0 saturated heterocycles. The van der Waals surface area contributed by atoms with Crippen LogP contribution in [0.25, 0.3) is 11.4 Å². The Kier molecular flexibility index (Phi) is 6.06. The molecular formula is C17H21N3O4. The van der Waals surface area contributed by atoms with Crippen molar-refractivity contribution in [3.05, 3.63) is 35.7 Å². The molecule has 7 heteroatoms. The molecule has 0 aliphatic carbocycles. The second-order valence-corrected chi connectivity index (χ2v) is 5.78. The van der Waals surface area contributed by atoms with Gasteiger partial charge in [0.2, 0.25) is 17.6 Å². The van der Waals surface area contributed by atoms with Crippen LogP contribution in [0.5, 0.6) is 0 Å². The van der Waals surface area contributed by atoms with Crippen molar-refractivity contribution in [1.29, 1.82) is 0 Å². The van der Waals surface area contributed by atoms with E-state index in [1.807, 2.05) is 24.3 Å². The van der Waals surface area contributed by atoms with E-state index >= 15 is 0 Å². The maximum atomic E-state index is 11.6. The molecule has 2 N–H and O–H groups in total. The highest BCUT2D eigenvalue weighted by Gasteiger charge is 2.11. The first-order chi connectivity index (χ1) is 11.5. The van der Waals surface area contributed by atoms with Gasteiger partial charge in [0.25, 0.3) is 0 Å². The maximum absolute atomic E-state index is 11.6. The van der Waals surface area contributed by atoms with E-state index in [2.05, 4.69) is 29.3 Å². The lowest BCUT2D eigenvalue weighted by atomic mass is 10.0. The topological polar surface area (TPSA) is 105 Å². The largest absolute Gasteiger partial charge is 0.481 e. The van der Waals surface area contributed by atoms with E-state index in [1.54, 1.807) is 0 Å². The number of nitrogens with zero attached hydrogens (tertiary/aromatic N) is 2. The van der Waals surface area contributed by atoms with Crippen molar-refractivity contribution < 1.29 is 19.2 Å². The molecule has 0 spiro atoms. The summed E-state index contributed by atoms with van der Waals surface area (Å²) in [7, 11) is 0. The SMILES string of the molecule is CC(C)c1ccc(-c2noc(CCC(=O)NCCC(=O)O)n2)cc1.